The maximum Gasteiger partial charge on any atom is 0.252 e. The van der Waals surface area contributed by atoms with E-state index in [4.69, 9.17) is 0 Å². The molecule has 25 heavy (non-hydrogen) atoms. The lowest BCUT2D eigenvalue weighted by Crippen LogP contribution is -2.32. The summed E-state index contributed by atoms with van der Waals surface area (Å²) in [4.78, 5) is 17.4. The van der Waals surface area contributed by atoms with E-state index < -0.39 is 0 Å². The molecule has 0 unspecified atom stereocenters. The maximum atomic E-state index is 12.9. The molecule has 5 heteroatoms. The third kappa shape index (κ3) is 2.69. The predicted molar refractivity (Wildman–Crippen MR) is 97.7 cm³/mol. The number of aryl methyl sites for hydroxylation is 3. The molecule has 0 aliphatic heterocycles. The fourth-order valence-electron chi connectivity index (χ4n) is 3.60. The molecular weight excluding hydrogens is 312 g/mol. The summed E-state index contributed by atoms with van der Waals surface area (Å²) in [5, 5.41) is 8.41. The van der Waals surface area contributed by atoms with Crippen LogP contribution in [-0.4, -0.2) is 27.2 Å². The highest BCUT2D eigenvalue weighted by Gasteiger charge is 2.44. The maximum absolute atomic E-state index is 12.9. The van der Waals surface area contributed by atoms with Gasteiger partial charge >= 0.3 is 0 Å². The zero-order valence-corrected chi connectivity index (χ0v) is 14.8. The van der Waals surface area contributed by atoms with E-state index in [0.717, 1.165) is 35.3 Å². The number of pyridine rings is 1. The first-order valence-corrected chi connectivity index (χ1v) is 8.65. The lowest BCUT2D eigenvalue weighted by molar-refractivity contribution is 0.0951. The third-order valence-corrected chi connectivity index (χ3v) is 5.17. The topological polar surface area (TPSA) is 59.8 Å². The molecule has 1 aromatic carbocycles. The summed E-state index contributed by atoms with van der Waals surface area (Å²) < 4.78 is 1.74. The van der Waals surface area contributed by atoms with Crippen LogP contribution in [0.5, 0.6) is 0 Å². The quantitative estimate of drug-likeness (QED) is 0.798. The van der Waals surface area contributed by atoms with E-state index in [-0.39, 0.29) is 11.3 Å². The van der Waals surface area contributed by atoms with Crippen LogP contribution in [0, 0.1) is 13.8 Å². The van der Waals surface area contributed by atoms with Crippen molar-refractivity contribution in [1.82, 2.24) is 20.1 Å². The van der Waals surface area contributed by atoms with Crippen molar-refractivity contribution < 1.29 is 4.79 Å². The highest BCUT2D eigenvalue weighted by atomic mass is 16.1. The Balaban J connectivity index is 1.61. The molecule has 0 spiro atoms. The Hall–Kier alpha value is -2.69. The van der Waals surface area contributed by atoms with E-state index in [1.807, 2.05) is 33.0 Å². The van der Waals surface area contributed by atoms with Crippen molar-refractivity contribution in [1.29, 1.82) is 0 Å². The summed E-state index contributed by atoms with van der Waals surface area (Å²) in [6.07, 6.45) is 2.24. The molecule has 0 saturated heterocycles. The van der Waals surface area contributed by atoms with Crippen LogP contribution < -0.4 is 5.32 Å². The largest absolute Gasteiger partial charge is 0.351 e. The van der Waals surface area contributed by atoms with Crippen molar-refractivity contribution in [2.45, 2.75) is 32.1 Å². The number of amides is 1. The molecule has 0 bridgehead atoms. The highest BCUT2D eigenvalue weighted by Crippen LogP contribution is 2.47. The van der Waals surface area contributed by atoms with Crippen LogP contribution in [0.25, 0.3) is 11.0 Å². The molecule has 1 amide bonds. The molecule has 0 atom stereocenters. The van der Waals surface area contributed by atoms with Crippen LogP contribution in [0.3, 0.4) is 0 Å². The van der Waals surface area contributed by atoms with E-state index in [1.54, 1.807) is 4.68 Å². The Morgan fingerprint density at radius 1 is 1.24 bits per heavy atom. The van der Waals surface area contributed by atoms with Gasteiger partial charge in [0.2, 0.25) is 0 Å². The lowest BCUT2D eigenvalue weighted by Gasteiger charge is -2.17. The summed E-state index contributed by atoms with van der Waals surface area (Å²) in [6, 6.07) is 12.3. The van der Waals surface area contributed by atoms with Crippen LogP contribution >= 0.6 is 0 Å². The Morgan fingerprint density at radius 2 is 1.96 bits per heavy atom. The molecule has 2 aromatic heterocycles. The number of nitrogens with zero attached hydrogens (tertiary/aromatic N) is 3. The first-order chi connectivity index (χ1) is 12.0. The van der Waals surface area contributed by atoms with Crippen LogP contribution in [0.2, 0.25) is 0 Å². The first kappa shape index (κ1) is 15.8. The van der Waals surface area contributed by atoms with Crippen molar-refractivity contribution in [3.63, 3.8) is 0 Å². The van der Waals surface area contributed by atoms with Gasteiger partial charge in [-0.1, -0.05) is 30.3 Å². The monoisotopic (exact) mass is 334 g/mol. The number of aromatic nitrogens is 3. The van der Waals surface area contributed by atoms with Crippen molar-refractivity contribution in [3.8, 4) is 0 Å². The second kappa shape index (κ2) is 5.69. The first-order valence-electron chi connectivity index (χ1n) is 8.65. The molecular formula is C20H22N4O. The van der Waals surface area contributed by atoms with Gasteiger partial charge in [-0.25, -0.2) is 4.98 Å². The van der Waals surface area contributed by atoms with E-state index in [0.29, 0.717) is 12.1 Å². The van der Waals surface area contributed by atoms with Gasteiger partial charge in [0.15, 0.2) is 5.65 Å². The van der Waals surface area contributed by atoms with Crippen molar-refractivity contribution >= 4 is 16.9 Å². The predicted octanol–water partition coefficient (Wildman–Crippen LogP) is 3.05. The van der Waals surface area contributed by atoms with Gasteiger partial charge in [-0.15, -0.1) is 0 Å². The minimum atomic E-state index is -0.0474. The number of rotatable bonds is 4. The van der Waals surface area contributed by atoms with E-state index in [1.165, 1.54) is 5.56 Å². The Labute approximate surface area is 147 Å². The van der Waals surface area contributed by atoms with Gasteiger partial charge in [-0.05, 0) is 38.3 Å². The van der Waals surface area contributed by atoms with Crippen LogP contribution in [0.15, 0.2) is 36.4 Å². The summed E-state index contributed by atoms with van der Waals surface area (Å²) >= 11 is 0. The summed E-state index contributed by atoms with van der Waals surface area (Å²) in [7, 11) is 1.86. The average molecular weight is 334 g/mol. The Morgan fingerprint density at radius 3 is 2.64 bits per heavy atom. The van der Waals surface area contributed by atoms with Crippen LogP contribution in [-0.2, 0) is 12.5 Å². The van der Waals surface area contributed by atoms with Gasteiger partial charge in [0.25, 0.3) is 5.91 Å². The standard InChI is InChI=1S/C20H22N4O/c1-13-11-16(17-14(2)23-24(3)18(17)22-13)19(25)21-12-20(9-10-20)15-7-5-4-6-8-15/h4-8,11H,9-10,12H2,1-3H3,(H,21,25). The number of hydrogen-bond donors (Lipinski definition) is 1. The molecule has 0 radical (unpaired) electrons. The number of hydrogen-bond acceptors (Lipinski definition) is 3. The fourth-order valence-corrected chi connectivity index (χ4v) is 3.60. The molecule has 128 valence electrons. The van der Waals surface area contributed by atoms with Gasteiger partial charge < -0.3 is 5.32 Å². The molecule has 1 aliphatic carbocycles. The van der Waals surface area contributed by atoms with Gasteiger partial charge in [0.1, 0.15) is 0 Å². The molecule has 1 saturated carbocycles. The summed E-state index contributed by atoms with van der Waals surface area (Å²) in [6.45, 7) is 4.49. The van der Waals surface area contributed by atoms with Gasteiger partial charge in [-0.3, -0.25) is 9.48 Å². The summed E-state index contributed by atoms with van der Waals surface area (Å²) in [5.74, 6) is -0.0474. The molecule has 4 rings (SSSR count). The van der Waals surface area contributed by atoms with E-state index >= 15 is 0 Å². The number of benzene rings is 1. The molecule has 3 aromatic rings. The molecule has 5 nitrogen and oxygen atoms in total. The molecule has 1 fully saturated rings. The highest BCUT2D eigenvalue weighted by molar-refractivity contribution is 6.06. The molecule has 2 heterocycles. The van der Waals surface area contributed by atoms with Crippen molar-refractivity contribution in [2.75, 3.05) is 6.54 Å². The number of carbonyl (C=O) groups is 1. The molecule has 1 aliphatic rings. The number of nitrogens with one attached hydrogen (secondary N) is 1. The van der Waals surface area contributed by atoms with Gasteiger partial charge in [-0.2, -0.15) is 5.10 Å². The van der Waals surface area contributed by atoms with Gasteiger partial charge in [0.05, 0.1) is 16.6 Å². The average Bonchev–Trinajstić information content (AvgIpc) is 3.35. The van der Waals surface area contributed by atoms with Crippen molar-refractivity contribution in [2.24, 2.45) is 7.05 Å². The minimum absolute atomic E-state index is 0.0474. The van der Waals surface area contributed by atoms with Crippen LogP contribution in [0.1, 0.15) is 40.2 Å². The third-order valence-electron chi connectivity index (χ3n) is 5.17. The fraction of sp³-hybridized carbons (Fsp3) is 0.350. The smallest absolute Gasteiger partial charge is 0.252 e. The SMILES string of the molecule is Cc1cc(C(=O)NCC2(c3ccccc3)CC2)c2c(C)nn(C)c2n1. The normalized spacial score (nSPS) is 15.3. The number of carbonyl (C=O) groups excluding carboxylic acids is 1. The summed E-state index contributed by atoms with van der Waals surface area (Å²) in [5.41, 5.74) is 4.49. The van der Waals surface area contributed by atoms with E-state index in [9.17, 15) is 4.79 Å². The Bertz CT molecular complexity index is 955. The molecule has 1 N–H and O–H groups in total. The van der Waals surface area contributed by atoms with Crippen molar-refractivity contribution in [3.05, 3.63) is 58.9 Å². The lowest BCUT2D eigenvalue weighted by atomic mass is 9.96. The second-order valence-corrected chi connectivity index (χ2v) is 7.05. The second-order valence-electron chi connectivity index (χ2n) is 7.05. The van der Waals surface area contributed by atoms with Gasteiger partial charge in [0, 0.05) is 24.7 Å². The minimum Gasteiger partial charge on any atom is -0.351 e. The number of fused-ring (bicyclic) bond motifs is 1. The van der Waals surface area contributed by atoms with Crippen LogP contribution in [0.4, 0.5) is 0 Å². The van der Waals surface area contributed by atoms with E-state index in [2.05, 4.69) is 39.7 Å². The Kier molecular flexibility index (Phi) is 3.60. The zero-order chi connectivity index (χ0) is 17.6. The zero-order valence-electron chi connectivity index (χ0n) is 14.8.